The van der Waals surface area contributed by atoms with Crippen molar-refractivity contribution in [2.24, 2.45) is 5.92 Å². The summed E-state index contributed by atoms with van der Waals surface area (Å²) in [5.74, 6) is 2.39. The standard InChI is InChI=1S/C18H23ClN4/c1-13-6-5-9-23(12-13)18-21-14(2)10-17(22-18)20-11-15-7-3-4-8-16(15)19/h3-4,7-8,10,13H,5-6,9,11-12H2,1-2H3,(H,20,21,22). The second-order valence-corrected chi connectivity index (χ2v) is 6.74. The van der Waals surface area contributed by atoms with Crippen molar-refractivity contribution >= 4 is 23.4 Å². The van der Waals surface area contributed by atoms with Crippen LogP contribution in [-0.4, -0.2) is 23.1 Å². The van der Waals surface area contributed by atoms with Gasteiger partial charge in [0.25, 0.3) is 0 Å². The van der Waals surface area contributed by atoms with Crippen LogP contribution in [0.1, 0.15) is 31.0 Å². The van der Waals surface area contributed by atoms with Gasteiger partial charge in [-0.1, -0.05) is 36.7 Å². The lowest BCUT2D eigenvalue weighted by atomic mass is 10.0. The minimum atomic E-state index is 0.659. The van der Waals surface area contributed by atoms with Crippen molar-refractivity contribution in [3.05, 3.63) is 46.6 Å². The lowest BCUT2D eigenvalue weighted by Crippen LogP contribution is -2.35. The number of aromatic nitrogens is 2. The zero-order valence-electron chi connectivity index (χ0n) is 13.7. The Morgan fingerprint density at radius 3 is 2.91 bits per heavy atom. The molecule has 0 aliphatic carbocycles. The minimum absolute atomic E-state index is 0.659. The molecule has 1 fully saturated rings. The van der Waals surface area contributed by atoms with E-state index in [1.165, 1.54) is 12.8 Å². The first-order valence-electron chi connectivity index (χ1n) is 8.20. The summed E-state index contributed by atoms with van der Waals surface area (Å²) in [5.41, 5.74) is 2.05. The van der Waals surface area contributed by atoms with Crippen LogP contribution in [0.15, 0.2) is 30.3 Å². The Labute approximate surface area is 142 Å². The molecular weight excluding hydrogens is 308 g/mol. The van der Waals surface area contributed by atoms with Crippen LogP contribution < -0.4 is 10.2 Å². The fraction of sp³-hybridized carbons (Fsp3) is 0.444. The van der Waals surface area contributed by atoms with Gasteiger partial charge in [0.15, 0.2) is 0 Å². The van der Waals surface area contributed by atoms with E-state index in [4.69, 9.17) is 16.6 Å². The van der Waals surface area contributed by atoms with Crippen LogP contribution in [0.25, 0.3) is 0 Å². The Kier molecular flexibility index (Phi) is 5.01. The Morgan fingerprint density at radius 1 is 1.30 bits per heavy atom. The maximum atomic E-state index is 6.21. The number of aryl methyl sites for hydroxylation is 1. The Bertz CT molecular complexity index is 674. The van der Waals surface area contributed by atoms with Gasteiger partial charge in [0, 0.05) is 36.4 Å². The van der Waals surface area contributed by atoms with Crippen molar-refractivity contribution in [3.63, 3.8) is 0 Å². The first-order chi connectivity index (χ1) is 11.1. The number of hydrogen-bond acceptors (Lipinski definition) is 4. The van der Waals surface area contributed by atoms with Crippen molar-refractivity contribution in [1.29, 1.82) is 0 Å². The Hall–Kier alpha value is -1.81. The van der Waals surface area contributed by atoms with E-state index < -0.39 is 0 Å². The molecule has 5 heteroatoms. The average Bonchev–Trinajstić information content (AvgIpc) is 2.54. The van der Waals surface area contributed by atoms with E-state index in [0.29, 0.717) is 12.5 Å². The number of piperidine rings is 1. The molecule has 0 radical (unpaired) electrons. The van der Waals surface area contributed by atoms with Gasteiger partial charge >= 0.3 is 0 Å². The average molecular weight is 331 g/mol. The van der Waals surface area contributed by atoms with Crippen LogP contribution in [0, 0.1) is 12.8 Å². The van der Waals surface area contributed by atoms with Gasteiger partial charge < -0.3 is 10.2 Å². The molecule has 1 aliphatic heterocycles. The highest BCUT2D eigenvalue weighted by molar-refractivity contribution is 6.31. The van der Waals surface area contributed by atoms with E-state index in [1.807, 2.05) is 37.3 Å². The minimum Gasteiger partial charge on any atom is -0.366 e. The number of nitrogens with zero attached hydrogens (tertiary/aromatic N) is 3. The van der Waals surface area contributed by atoms with Crippen molar-refractivity contribution < 1.29 is 0 Å². The molecule has 0 spiro atoms. The van der Waals surface area contributed by atoms with E-state index in [1.54, 1.807) is 0 Å². The van der Waals surface area contributed by atoms with E-state index in [0.717, 1.165) is 41.1 Å². The second kappa shape index (κ2) is 7.18. The van der Waals surface area contributed by atoms with Crippen molar-refractivity contribution in [3.8, 4) is 0 Å². The SMILES string of the molecule is Cc1cc(NCc2ccccc2Cl)nc(N2CCCC(C)C2)n1. The van der Waals surface area contributed by atoms with Gasteiger partial charge in [-0.3, -0.25) is 0 Å². The molecule has 2 heterocycles. The molecule has 1 N–H and O–H groups in total. The molecule has 1 aromatic carbocycles. The van der Waals surface area contributed by atoms with E-state index in [-0.39, 0.29) is 0 Å². The van der Waals surface area contributed by atoms with Crippen LogP contribution in [-0.2, 0) is 6.54 Å². The van der Waals surface area contributed by atoms with Gasteiger partial charge in [-0.15, -0.1) is 0 Å². The van der Waals surface area contributed by atoms with Crippen molar-refractivity contribution in [1.82, 2.24) is 9.97 Å². The predicted octanol–water partition coefficient (Wildman–Crippen LogP) is 4.29. The number of benzene rings is 1. The highest BCUT2D eigenvalue weighted by Crippen LogP contribution is 2.22. The molecule has 122 valence electrons. The van der Waals surface area contributed by atoms with Gasteiger partial charge in [-0.25, -0.2) is 4.98 Å². The maximum Gasteiger partial charge on any atom is 0.227 e. The Morgan fingerprint density at radius 2 is 2.13 bits per heavy atom. The molecular formula is C18H23ClN4. The fourth-order valence-corrected chi connectivity index (χ4v) is 3.19. The maximum absolute atomic E-state index is 6.21. The molecule has 1 saturated heterocycles. The summed E-state index contributed by atoms with van der Waals surface area (Å²) in [7, 11) is 0. The number of halogens is 1. The first kappa shape index (κ1) is 16.1. The largest absolute Gasteiger partial charge is 0.366 e. The summed E-state index contributed by atoms with van der Waals surface area (Å²) in [6.45, 7) is 7.04. The van der Waals surface area contributed by atoms with Gasteiger partial charge in [0.1, 0.15) is 5.82 Å². The molecule has 0 amide bonds. The normalized spacial score (nSPS) is 18.0. The third kappa shape index (κ3) is 4.14. The van der Waals surface area contributed by atoms with Gasteiger partial charge in [0.2, 0.25) is 5.95 Å². The zero-order chi connectivity index (χ0) is 16.2. The number of nitrogens with one attached hydrogen (secondary N) is 1. The molecule has 4 nitrogen and oxygen atoms in total. The molecule has 1 atom stereocenters. The molecule has 1 aliphatic rings. The summed E-state index contributed by atoms with van der Waals surface area (Å²) in [5, 5.41) is 4.15. The van der Waals surface area contributed by atoms with Gasteiger partial charge in [-0.05, 0) is 37.3 Å². The number of anilines is 2. The summed E-state index contributed by atoms with van der Waals surface area (Å²) in [6, 6.07) is 9.85. The predicted molar refractivity (Wildman–Crippen MR) is 96.2 cm³/mol. The summed E-state index contributed by atoms with van der Waals surface area (Å²) >= 11 is 6.21. The smallest absolute Gasteiger partial charge is 0.227 e. The van der Waals surface area contributed by atoms with Crippen molar-refractivity contribution in [2.45, 2.75) is 33.2 Å². The molecule has 0 saturated carbocycles. The van der Waals surface area contributed by atoms with Crippen LogP contribution in [0.5, 0.6) is 0 Å². The topological polar surface area (TPSA) is 41.1 Å². The lowest BCUT2D eigenvalue weighted by Gasteiger charge is -2.31. The summed E-state index contributed by atoms with van der Waals surface area (Å²) < 4.78 is 0. The van der Waals surface area contributed by atoms with Crippen LogP contribution in [0.3, 0.4) is 0 Å². The number of hydrogen-bond donors (Lipinski definition) is 1. The lowest BCUT2D eigenvalue weighted by molar-refractivity contribution is 0.442. The number of rotatable bonds is 4. The zero-order valence-corrected chi connectivity index (χ0v) is 14.5. The highest BCUT2D eigenvalue weighted by atomic mass is 35.5. The third-order valence-corrected chi connectivity index (χ3v) is 4.57. The first-order valence-corrected chi connectivity index (χ1v) is 8.57. The molecule has 3 rings (SSSR count). The van der Waals surface area contributed by atoms with Crippen LogP contribution >= 0.6 is 11.6 Å². The summed E-state index contributed by atoms with van der Waals surface area (Å²) in [6.07, 6.45) is 2.50. The summed E-state index contributed by atoms with van der Waals surface area (Å²) in [4.78, 5) is 11.6. The highest BCUT2D eigenvalue weighted by Gasteiger charge is 2.19. The molecule has 1 aromatic heterocycles. The third-order valence-electron chi connectivity index (χ3n) is 4.20. The van der Waals surface area contributed by atoms with E-state index in [9.17, 15) is 0 Å². The second-order valence-electron chi connectivity index (χ2n) is 6.33. The van der Waals surface area contributed by atoms with E-state index >= 15 is 0 Å². The van der Waals surface area contributed by atoms with Gasteiger partial charge in [-0.2, -0.15) is 4.98 Å². The molecule has 1 unspecified atom stereocenters. The monoisotopic (exact) mass is 330 g/mol. The molecule has 23 heavy (non-hydrogen) atoms. The van der Waals surface area contributed by atoms with Crippen LogP contribution in [0.2, 0.25) is 5.02 Å². The van der Waals surface area contributed by atoms with Gasteiger partial charge in [0.05, 0.1) is 0 Å². The Balaban J connectivity index is 1.74. The van der Waals surface area contributed by atoms with Crippen molar-refractivity contribution in [2.75, 3.05) is 23.3 Å². The fourth-order valence-electron chi connectivity index (χ4n) is 2.98. The quantitative estimate of drug-likeness (QED) is 0.908. The van der Waals surface area contributed by atoms with Crippen LogP contribution in [0.4, 0.5) is 11.8 Å². The molecule has 2 aromatic rings. The van der Waals surface area contributed by atoms with E-state index in [2.05, 4.69) is 22.1 Å². The molecule has 0 bridgehead atoms.